The maximum atomic E-state index is 10.6. The van der Waals surface area contributed by atoms with Crippen LogP contribution in [-0.4, -0.2) is 34.1 Å². The van der Waals surface area contributed by atoms with Crippen LogP contribution in [0.2, 0.25) is 0 Å². The minimum absolute atomic E-state index is 0.115. The van der Waals surface area contributed by atoms with Gasteiger partial charge in [0.05, 0.1) is 11.0 Å². The number of aliphatic hydroxyl groups is 1. The van der Waals surface area contributed by atoms with E-state index in [1.54, 1.807) is 12.1 Å². The fourth-order valence-corrected chi connectivity index (χ4v) is 2.73. The van der Waals surface area contributed by atoms with Crippen LogP contribution in [-0.2, 0) is 6.54 Å². The van der Waals surface area contributed by atoms with Gasteiger partial charge in [0, 0.05) is 24.7 Å². The van der Waals surface area contributed by atoms with Gasteiger partial charge in [0.25, 0.3) is 5.69 Å². The van der Waals surface area contributed by atoms with Crippen LogP contribution in [0.3, 0.4) is 0 Å². The fraction of sp³-hybridized carbons (Fsp3) is 0.571. The number of hydrogen-bond donors (Lipinski definition) is 1. The second kappa shape index (κ2) is 6.12. The third-order valence-corrected chi connectivity index (χ3v) is 3.84. The van der Waals surface area contributed by atoms with E-state index in [1.807, 2.05) is 7.05 Å². The van der Waals surface area contributed by atoms with E-state index in [9.17, 15) is 15.2 Å². The summed E-state index contributed by atoms with van der Waals surface area (Å²) in [6.45, 7) is 0.708. The normalized spacial score (nSPS) is 23.5. The van der Waals surface area contributed by atoms with E-state index in [-0.39, 0.29) is 17.8 Å². The van der Waals surface area contributed by atoms with E-state index >= 15 is 0 Å². The zero-order valence-corrected chi connectivity index (χ0v) is 11.2. The lowest BCUT2D eigenvalue weighted by molar-refractivity contribution is -0.384. The number of nitrogens with zero attached hydrogens (tertiary/aromatic N) is 2. The number of hydrogen-bond acceptors (Lipinski definition) is 4. The Morgan fingerprint density at radius 2 is 1.95 bits per heavy atom. The molecule has 0 bridgehead atoms. The highest BCUT2D eigenvalue weighted by Gasteiger charge is 2.26. The molecule has 19 heavy (non-hydrogen) atoms. The first-order valence-electron chi connectivity index (χ1n) is 6.69. The summed E-state index contributed by atoms with van der Waals surface area (Å²) in [5.74, 6) is 0. The second-order valence-electron chi connectivity index (χ2n) is 5.26. The van der Waals surface area contributed by atoms with E-state index in [1.165, 1.54) is 12.1 Å². The fourth-order valence-electron chi connectivity index (χ4n) is 2.73. The van der Waals surface area contributed by atoms with Crippen molar-refractivity contribution in [3.63, 3.8) is 0 Å². The molecule has 0 amide bonds. The number of nitro groups is 1. The quantitative estimate of drug-likeness (QED) is 0.669. The SMILES string of the molecule is CN(Cc1ccc([N+](=O)[O-])cc1)[C@@H]1CCCC[C@H]1O. The van der Waals surface area contributed by atoms with Gasteiger partial charge in [0.1, 0.15) is 0 Å². The van der Waals surface area contributed by atoms with Crippen molar-refractivity contribution in [1.29, 1.82) is 0 Å². The molecular weight excluding hydrogens is 244 g/mol. The van der Waals surface area contributed by atoms with Gasteiger partial charge in [-0.05, 0) is 25.5 Å². The number of aliphatic hydroxyl groups excluding tert-OH is 1. The van der Waals surface area contributed by atoms with Gasteiger partial charge in [-0.25, -0.2) is 0 Å². The summed E-state index contributed by atoms with van der Waals surface area (Å²) in [4.78, 5) is 12.3. The molecule has 5 nitrogen and oxygen atoms in total. The van der Waals surface area contributed by atoms with Gasteiger partial charge < -0.3 is 5.11 Å². The predicted molar refractivity (Wildman–Crippen MR) is 72.8 cm³/mol. The molecule has 1 fully saturated rings. The van der Waals surface area contributed by atoms with Gasteiger partial charge in [0.15, 0.2) is 0 Å². The van der Waals surface area contributed by atoms with Gasteiger partial charge in [-0.2, -0.15) is 0 Å². The van der Waals surface area contributed by atoms with E-state index < -0.39 is 4.92 Å². The maximum Gasteiger partial charge on any atom is 0.269 e. The topological polar surface area (TPSA) is 66.6 Å². The molecule has 5 heteroatoms. The molecule has 2 rings (SSSR count). The number of non-ortho nitro benzene ring substituents is 1. The number of rotatable bonds is 4. The van der Waals surface area contributed by atoms with Crippen LogP contribution in [0.1, 0.15) is 31.2 Å². The molecule has 0 saturated heterocycles. The molecule has 0 aromatic heterocycles. The molecule has 1 aliphatic rings. The average Bonchev–Trinajstić information content (AvgIpc) is 2.39. The highest BCUT2D eigenvalue weighted by molar-refractivity contribution is 5.32. The van der Waals surface area contributed by atoms with E-state index in [2.05, 4.69) is 4.90 Å². The maximum absolute atomic E-state index is 10.6. The zero-order valence-electron chi connectivity index (χ0n) is 11.2. The van der Waals surface area contributed by atoms with Crippen molar-refractivity contribution in [2.75, 3.05) is 7.05 Å². The van der Waals surface area contributed by atoms with Crippen molar-refractivity contribution in [3.8, 4) is 0 Å². The smallest absolute Gasteiger partial charge is 0.269 e. The van der Waals surface area contributed by atoms with Gasteiger partial charge in [-0.1, -0.05) is 25.0 Å². The van der Waals surface area contributed by atoms with E-state index in [0.29, 0.717) is 6.54 Å². The van der Waals surface area contributed by atoms with Crippen molar-refractivity contribution in [2.24, 2.45) is 0 Å². The first-order chi connectivity index (χ1) is 9.08. The van der Waals surface area contributed by atoms with E-state index in [0.717, 1.165) is 31.2 Å². The van der Waals surface area contributed by atoms with Crippen LogP contribution in [0.25, 0.3) is 0 Å². The van der Waals surface area contributed by atoms with Gasteiger partial charge in [-0.15, -0.1) is 0 Å². The molecule has 1 N–H and O–H groups in total. The molecule has 0 heterocycles. The first-order valence-corrected chi connectivity index (χ1v) is 6.69. The van der Waals surface area contributed by atoms with Crippen molar-refractivity contribution >= 4 is 5.69 Å². The van der Waals surface area contributed by atoms with Crippen LogP contribution >= 0.6 is 0 Å². The summed E-state index contributed by atoms with van der Waals surface area (Å²) in [6, 6.07) is 6.82. The standard InChI is InChI=1S/C14H20N2O3/c1-15(13-4-2-3-5-14(13)17)10-11-6-8-12(9-7-11)16(18)19/h6-9,13-14,17H,2-5,10H2,1H3/t13-,14-/m1/s1. The third kappa shape index (κ3) is 3.52. The molecule has 0 radical (unpaired) electrons. The molecule has 0 aliphatic heterocycles. The molecule has 104 valence electrons. The Kier molecular flexibility index (Phi) is 4.50. The lowest BCUT2D eigenvalue weighted by Gasteiger charge is -2.35. The Hall–Kier alpha value is -1.46. The Morgan fingerprint density at radius 3 is 2.53 bits per heavy atom. The van der Waals surface area contributed by atoms with Crippen molar-refractivity contribution in [2.45, 2.75) is 44.4 Å². The number of likely N-dealkylation sites (N-methyl/N-ethyl adjacent to an activating group) is 1. The lowest BCUT2D eigenvalue weighted by atomic mass is 9.91. The minimum Gasteiger partial charge on any atom is -0.391 e. The highest BCUT2D eigenvalue weighted by Crippen LogP contribution is 2.24. The van der Waals surface area contributed by atoms with Gasteiger partial charge in [-0.3, -0.25) is 15.0 Å². The van der Waals surface area contributed by atoms with Crippen molar-refractivity contribution < 1.29 is 10.0 Å². The number of benzene rings is 1. The molecule has 0 unspecified atom stereocenters. The van der Waals surface area contributed by atoms with Crippen molar-refractivity contribution in [1.82, 2.24) is 4.90 Å². The van der Waals surface area contributed by atoms with Gasteiger partial charge >= 0.3 is 0 Å². The summed E-state index contributed by atoms with van der Waals surface area (Å²) in [5.41, 5.74) is 1.15. The monoisotopic (exact) mass is 264 g/mol. The van der Waals surface area contributed by atoms with Gasteiger partial charge in [0.2, 0.25) is 0 Å². The highest BCUT2D eigenvalue weighted by atomic mass is 16.6. The van der Waals surface area contributed by atoms with Crippen LogP contribution in [0.4, 0.5) is 5.69 Å². The zero-order chi connectivity index (χ0) is 13.8. The molecule has 1 aromatic rings. The van der Waals surface area contributed by atoms with Crippen LogP contribution in [0.5, 0.6) is 0 Å². The Bertz CT molecular complexity index is 433. The molecular formula is C14H20N2O3. The summed E-state index contributed by atoms with van der Waals surface area (Å²) < 4.78 is 0. The molecule has 0 spiro atoms. The predicted octanol–water partition coefficient (Wildman–Crippen LogP) is 2.33. The Morgan fingerprint density at radius 1 is 1.32 bits per heavy atom. The molecule has 1 saturated carbocycles. The lowest BCUT2D eigenvalue weighted by Crippen LogP contribution is -2.42. The summed E-state index contributed by atoms with van der Waals surface area (Å²) in [7, 11) is 2.00. The molecule has 2 atom stereocenters. The largest absolute Gasteiger partial charge is 0.391 e. The van der Waals surface area contributed by atoms with Crippen LogP contribution in [0.15, 0.2) is 24.3 Å². The minimum atomic E-state index is -0.390. The van der Waals surface area contributed by atoms with Crippen LogP contribution in [0, 0.1) is 10.1 Å². The average molecular weight is 264 g/mol. The van der Waals surface area contributed by atoms with E-state index in [4.69, 9.17) is 0 Å². The van der Waals surface area contributed by atoms with Crippen LogP contribution < -0.4 is 0 Å². The third-order valence-electron chi connectivity index (χ3n) is 3.84. The number of nitro benzene ring substituents is 1. The first kappa shape index (κ1) is 14.0. The summed E-state index contributed by atoms with van der Waals surface area (Å²) >= 11 is 0. The molecule has 1 aliphatic carbocycles. The summed E-state index contributed by atoms with van der Waals surface area (Å²) in [6.07, 6.45) is 3.90. The summed E-state index contributed by atoms with van der Waals surface area (Å²) in [5, 5.41) is 20.6. The Balaban J connectivity index is 1.97. The molecule has 1 aromatic carbocycles. The second-order valence-corrected chi connectivity index (χ2v) is 5.26. The Labute approximate surface area is 113 Å². The van der Waals surface area contributed by atoms with Crippen molar-refractivity contribution in [3.05, 3.63) is 39.9 Å².